The van der Waals surface area contributed by atoms with Gasteiger partial charge in [0.05, 0.1) is 24.3 Å². The van der Waals surface area contributed by atoms with Crippen LogP contribution in [-0.2, 0) is 30.2 Å². The van der Waals surface area contributed by atoms with E-state index >= 15 is 0 Å². The Labute approximate surface area is 183 Å². The number of carboxylic acid groups (broad SMARTS) is 1. The van der Waals surface area contributed by atoms with E-state index in [4.69, 9.17) is 9.84 Å². The summed E-state index contributed by atoms with van der Waals surface area (Å²) in [6.45, 7) is 2.47. The summed E-state index contributed by atoms with van der Waals surface area (Å²) in [5.74, 6) is 0.0421. The number of nitrogens with zero attached hydrogens (tertiary/aromatic N) is 3. The summed E-state index contributed by atoms with van der Waals surface area (Å²) in [7, 11) is 0. The molecule has 0 aliphatic carbocycles. The van der Waals surface area contributed by atoms with Crippen molar-refractivity contribution < 1.29 is 27.8 Å². The van der Waals surface area contributed by atoms with E-state index in [0.29, 0.717) is 36.6 Å². The lowest BCUT2D eigenvalue weighted by Gasteiger charge is -2.07. The van der Waals surface area contributed by atoms with Crippen molar-refractivity contribution in [3.05, 3.63) is 71.2 Å². The summed E-state index contributed by atoms with van der Waals surface area (Å²) < 4.78 is 45.5. The van der Waals surface area contributed by atoms with Crippen molar-refractivity contribution in [2.75, 3.05) is 6.61 Å². The number of aliphatic carboxylic acids is 1. The first kappa shape index (κ1) is 23.3. The molecular weight excluding hydrogens is 423 g/mol. The predicted molar refractivity (Wildman–Crippen MR) is 112 cm³/mol. The molecule has 6 nitrogen and oxygen atoms in total. The van der Waals surface area contributed by atoms with Gasteiger partial charge in [0.25, 0.3) is 0 Å². The zero-order chi connectivity index (χ0) is 23.1. The number of hydrogen-bond acceptors (Lipinski definition) is 4. The fourth-order valence-electron chi connectivity index (χ4n) is 3.28. The lowest BCUT2D eigenvalue weighted by atomic mass is 10.1. The average Bonchev–Trinajstić information content (AvgIpc) is 3.13. The smallest absolute Gasteiger partial charge is 0.417 e. The highest BCUT2D eigenvalue weighted by Gasteiger charge is 2.30. The van der Waals surface area contributed by atoms with Crippen LogP contribution in [0.25, 0.3) is 5.82 Å². The average molecular weight is 447 g/mol. The Kier molecular flexibility index (Phi) is 7.50. The summed E-state index contributed by atoms with van der Waals surface area (Å²) >= 11 is 0. The van der Waals surface area contributed by atoms with E-state index in [0.717, 1.165) is 36.4 Å². The van der Waals surface area contributed by atoms with E-state index in [2.05, 4.69) is 10.1 Å². The number of halogens is 3. The summed E-state index contributed by atoms with van der Waals surface area (Å²) in [5, 5.41) is 13.4. The number of aryl methyl sites for hydroxylation is 2. The minimum atomic E-state index is -4.43. The van der Waals surface area contributed by atoms with E-state index in [1.807, 2.05) is 6.92 Å². The molecule has 0 amide bonds. The monoisotopic (exact) mass is 447 g/mol. The fraction of sp³-hybridized carbons (Fsp3) is 0.348. The van der Waals surface area contributed by atoms with Gasteiger partial charge in [-0.15, -0.1) is 0 Å². The molecule has 2 heterocycles. The molecule has 0 saturated heterocycles. The molecule has 0 spiro atoms. The van der Waals surface area contributed by atoms with Crippen molar-refractivity contribution in [2.24, 2.45) is 0 Å². The normalized spacial score (nSPS) is 11.5. The molecule has 32 heavy (non-hydrogen) atoms. The van der Waals surface area contributed by atoms with Crippen LogP contribution >= 0.6 is 0 Å². The highest BCUT2D eigenvalue weighted by atomic mass is 19.4. The van der Waals surface area contributed by atoms with Gasteiger partial charge in [0.15, 0.2) is 5.82 Å². The summed E-state index contributed by atoms with van der Waals surface area (Å²) in [6.07, 6.45) is 1.14. The van der Waals surface area contributed by atoms with Gasteiger partial charge >= 0.3 is 12.1 Å². The number of carbonyl (C=O) groups is 1. The number of ether oxygens (including phenoxy) is 1. The van der Waals surface area contributed by atoms with Crippen LogP contribution in [0.5, 0.6) is 5.75 Å². The van der Waals surface area contributed by atoms with E-state index in [1.54, 1.807) is 30.5 Å². The summed E-state index contributed by atoms with van der Waals surface area (Å²) in [6, 6.07) is 9.29. The lowest BCUT2D eigenvalue weighted by molar-refractivity contribution is -0.138. The van der Waals surface area contributed by atoms with Crippen LogP contribution in [0.1, 0.15) is 42.1 Å². The molecule has 3 rings (SSSR count). The highest BCUT2D eigenvalue weighted by Crippen LogP contribution is 2.28. The largest absolute Gasteiger partial charge is 0.494 e. The molecule has 0 aliphatic heterocycles. The van der Waals surface area contributed by atoms with Gasteiger partial charge < -0.3 is 9.84 Å². The fourth-order valence-corrected chi connectivity index (χ4v) is 3.28. The van der Waals surface area contributed by atoms with Crippen molar-refractivity contribution in [3.8, 4) is 11.6 Å². The minimum Gasteiger partial charge on any atom is -0.494 e. The third-order valence-electron chi connectivity index (χ3n) is 4.79. The zero-order valence-corrected chi connectivity index (χ0v) is 17.6. The number of hydrogen-bond donors (Lipinski definition) is 1. The van der Waals surface area contributed by atoms with Crippen LogP contribution in [0.15, 0.2) is 48.8 Å². The molecule has 9 heteroatoms. The zero-order valence-electron chi connectivity index (χ0n) is 17.6. The molecule has 0 fully saturated rings. The Morgan fingerprint density at radius 1 is 1.19 bits per heavy atom. The molecule has 1 N–H and O–H groups in total. The minimum absolute atomic E-state index is 0.0608. The van der Waals surface area contributed by atoms with Crippen LogP contribution in [0, 0.1) is 0 Å². The number of rotatable bonds is 10. The van der Waals surface area contributed by atoms with Crippen LogP contribution in [0.3, 0.4) is 0 Å². The van der Waals surface area contributed by atoms with Crippen molar-refractivity contribution >= 4 is 5.97 Å². The third-order valence-corrected chi connectivity index (χ3v) is 4.79. The Hall–Kier alpha value is -3.36. The van der Waals surface area contributed by atoms with Crippen LogP contribution in [0.4, 0.5) is 13.2 Å². The standard InChI is InChI=1S/C23H24F3N3O3/c1-2-5-20-17(7-4-11-32-19-8-3-6-16(12-19)13-22(30)31)15-29(28-20)21-10-9-18(14-27-21)23(24,25)26/h3,6,8-10,12,14-15H,2,4-5,7,11,13H2,1H3,(H,30,31). The number of aromatic nitrogens is 3. The van der Waals surface area contributed by atoms with Gasteiger partial charge in [-0.05, 0) is 54.7 Å². The Balaban J connectivity index is 1.63. The molecule has 0 saturated carbocycles. The second kappa shape index (κ2) is 10.3. The first-order valence-electron chi connectivity index (χ1n) is 10.3. The maximum Gasteiger partial charge on any atom is 0.417 e. The highest BCUT2D eigenvalue weighted by molar-refractivity contribution is 5.70. The summed E-state index contributed by atoms with van der Waals surface area (Å²) in [4.78, 5) is 14.8. The van der Waals surface area contributed by atoms with E-state index < -0.39 is 17.7 Å². The molecule has 1 aromatic carbocycles. The molecule has 170 valence electrons. The Morgan fingerprint density at radius 3 is 2.66 bits per heavy atom. The molecule has 3 aromatic rings. The SMILES string of the molecule is CCCc1nn(-c2ccc(C(F)(F)F)cn2)cc1CCCOc1cccc(CC(=O)O)c1. The van der Waals surface area contributed by atoms with Crippen molar-refractivity contribution in [2.45, 2.75) is 45.2 Å². The van der Waals surface area contributed by atoms with Gasteiger partial charge in [-0.25, -0.2) is 9.67 Å². The molecule has 0 aliphatic rings. The van der Waals surface area contributed by atoms with Crippen LogP contribution < -0.4 is 4.74 Å². The van der Waals surface area contributed by atoms with E-state index in [9.17, 15) is 18.0 Å². The molecule has 2 aromatic heterocycles. The first-order valence-corrected chi connectivity index (χ1v) is 10.3. The molecule has 0 bridgehead atoms. The molecule has 0 unspecified atom stereocenters. The van der Waals surface area contributed by atoms with Gasteiger partial charge in [-0.3, -0.25) is 4.79 Å². The maximum absolute atomic E-state index is 12.8. The predicted octanol–water partition coefficient (Wildman–Crippen LogP) is 4.88. The second-order valence-electron chi connectivity index (χ2n) is 7.37. The third kappa shape index (κ3) is 6.32. The quantitative estimate of drug-likeness (QED) is 0.449. The molecular formula is C23H24F3N3O3. The number of pyridine rings is 1. The number of benzene rings is 1. The number of carboxylic acids is 1. The van der Waals surface area contributed by atoms with Gasteiger partial charge in [0.1, 0.15) is 5.75 Å². The van der Waals surface area contributed by atoms with Gasteiger partial charge in [0.2, 0.25) is 0 Å². The van der Waals surface area contributed by atoms with E-state index in [1.165, 1.54) is 10.7 Å². The first-order chi connectivity index (χ1) is 15.3. The number of alkyl halides is 3. The summed E-state index contributed by atoms with van der Waals surface area (Å²) in [5.41, 5.74) is 1.76. The van der Waals surface area contributed by atoms with Crippen LogP contribution in [-0.4, -0.2) is 32.4 Å². The second-order valence-corrected chi connectivity index (χ2v) is 7.37. The van der Waals surface area contributed by atoms with Crippen molar-refractivity contribution in [3.63, 3.8) is 0 Å². The Bertz CT molecular complexity index is 1050. The lowest BCUT2D eigenvalue weighted by Crippen LogP contribution is -2.07. The maximum atomic E-state index is 12.8. The topological polar surface area (TPSA) is 77.2 Å². The van der Waals surface area contributed by atoms with E-state index in [-0.39, 0.29) is 6.42 Å². The molecule has 0 atom stereocenters. The van der Waals surface area contributed by atoms with Crippen molar-refractivity contribution in [1.82, 2.24) is 14.8 Å². The van der Waals surface area contributed by atoms with Gasteiger partial charge in [-0.1, -0.05) is 25.5 Å². The van der Waals surface area contributed by atoms with Crippen LogP contribution in [0.2, 0.25) is 0 Å². The van der Waals surface area contributed by atoms with Crippen molar-refractivity contribution in [1.29, 1.82) is 0 Å². The van der Waals surface area contributed by atoms with Gasteiger partial charge in [0, 0.05) is 12.4 Å². The molecule has 0 radical (unpaired) electrons. The Morgan fingerprint density at radius 2 is 2.00 bits per heavy atom. The van der Waals surface area contributed by atoms with Gasteiger partial charge in [-0.2, -0.15) is 18.3 Å².